The van der Waals surface area contributed by atoms with Crippen molar-refractivity contribution in [3.8, 4) is 16.8 Å². The Labute approximate surface area is 230 Å². The summed E-state index contributed by atoms with van der Waals surface area (Å²) in [7, 11) is 0. The fourth-order valence-corrected chi connectivity index (χ4v) is 6.76. The van der Waals surface area contributed by atoms with E-state index in [2.05, 4.69) is 155 Å². The molecule has 6 aromatic carbocycles. The quantitative estimate of drug-likeness (QED) is 0.206. The van der Waals surface area contributed by atoms with Crippen molar-refractivity contribution in [3.05, 3.63) is 146 Å². The highest BCUT2D eigenvalue weighted by atomic mass is 15.0. The first-order valence-corrected chi connectivity index (χ1v) is 13.8. The van der Waals surface area contributed by atoms with Crippen LogP contribution in [0.1, 0.15) is 0 Å². The standard InChI is InChI=1S/C38H24N2/c1-2-11-25(12-3-1)26-14-10-15-28(23-26)39-34-20-9-7-17-30(34)32-21-22-35-37(38(32)39)31-18-6-5-16-29(31)36-24-27-13-4-8-19-33(27)40(35)36/h1-24H. The van der Waals surface area contributed by atoms with E-state index in [1.165, 1.54) is 76.7 Å². The minimum atomic E-state index is 1.17. The molecular formula is C38H24N2. The molecule has 0 radical (unpaired) electrons. The smallest absolute Gasteiger partial charge is 0.0640 e. The molecule has 9 rings (SSSR count). The van der Waals surface area contributed by atoms with Crippen LogP contribution in [0.15, 0.2) is 146 Å². The van der Waals surface area contributed by atoms with Crippen molar-refractivity contribution in [1.29, 1.82) is 0 Å². The van der Waals surface area contributed by atoms with Gasteiger partial charge in [0.1, 0.15) is 0 Å². The molecule has 0 saturated heterocycles. The van der Waals surface area contributed by atoms with E-state index < -0.39 is 0 Å². The second-order valence-electron chi connectivity index (χ2n) is 10.6. The van der Waals surface area contributed by atoms with Gasteiger partial charge in [0.2, 0.25) is 0 Å². The Morgan fingerprint density at radius 2 is 1.05 bits per heavy atom. The van der Waals surface area contributed by atoms with Crippen molar-refractivity contribution in [2.45, 2.75) is 0 Å². The van der Waals surface area contributed by atoms with Crippen LogP contribution in [-0.4, -0.2) is 8.97 Å². The molecule has 0 aliphatic rings. The monoisotopic (exact) mass is 508 g/mol. The average Bonchev–Trinajstić information content (AvgIpc) is 3.58. The number of aromatic nitrogens is 2. The van der Waals surface area contributed by atoms with E-state index in [0.717, 1.165) is 0 Å². The zero-order valence-electron chi connectivity index (χ0n) is 21.8. The van der Waals surface area contributed by atoms with Crippen molar-refractivity contribution < 1.29 is 0 Å². The second kappa shape index (κ2) is 8.08. The third-order valence-corrected chi connectivity index (χ3v) is 8.45. The van der Waals surface area contributed by atoms with Crippen LogP contribution in [0.25, 0.3) is 76.7 Å². The van der Waals surface area contributed by atoms with Gasteiger partial charge in [0.05, 0.1) is 27.6 Å². The molecule has 9 aromatic rings. The van der Waals surface area contributed by atoms with Crippen LogP contribution in [0.2, 0.25) is 0 Å². The molecule has 0 aliphatic carbocycles. The number of benzene rings is 6. The van der Waals surface area contributed by atoms with Crippen molar-refractivity contribution in [3.63, 3.8) is 0 Å². The Kier molecular flexibility index (Phi) is 4.36. The van der Waals surface area contributed by atoms with E-state index in [9.17, 15) is 0 Å². The number of fused-ring (bicyclic) bond motifs is 12. The maximum Gasteiger partial charge on any atom is 0.0640 e. The molecule has 0 fully saturated rings. The first-order chi connectivity index (χ1) is 19.9. The maximum absolute atomic E-state index is 2.48. The SMILES string of the molecule is c1ccc(-c2cccc(-n3c4ccccc4c4ccc5c(c6ccccc6c6cc7ccccc7n65)c43)c2)cc1. The topological polar surface area (TPSA) is 9.34 Å². The van der Waals surface area contributed by atoms with E-state index in [0.29, 0.717) is 0 Å². The Bertz CT molecular complexity index is 2420. The normalized spacial score (nSPS) is 12.0. The molecule has 3 heterocycles. The van der Waals surface area contributed by atoms with Crippen LogP contribution in [0.5, 0.6) is 0 Å². The van der Waals surface area contributed by atoms with Gasteiger partial charge in [-0.2, -0.15) is 0 Å². The van der Waals surface area contributed by atoms with Crippen molar-refractivity contribution >= 4 is 59.9 Å². The molecule has 0 atom stereocenters. The Morgan fingerprint density at radius 3 is 1.90 bits per heavy atom. The molecule has 2 nitrogen and oxygen atoms in total. The van der Waals surface area contributed by atoms with Gasteiger partial charge < -0.3 is 8.97 Å². The van der Waals surface area contributed by atoms with Crippen LogP contribution >= 0.6 is 0 Å². The zero-order valence-corrected chi connectivity index (χ0v) is 21.8. The summed E-state index contributed by atoms with van der Waals surface area (Å²) in [6.07, 6.45) is 0. The molecule has 0 aliphatic heterocycles. The van der Waals surface area contributed by atoms with Crippen LogP contribution < -0.4 is 0 Å². The molecule has 2 heteroatoms. The predicted molar refractivity (Wildman–Crippen MR) is 170 cm³/mol. The van der Waals surface area contributed by atoms with Gasteiger partial charge in [-0.1, -0.05) is 109 Å². The fourth-order valence-electron chi connectivity index (χ4n) is 6.76. The Morgan fingerprint density at radius 1 is 0.375 bits per heavy atom. The molecule has 0 unspecified atom stereocenters. The van der Waals surface area contributed by atoms with Crippen molar-refractivity contribution in [1.82, 2.24) is 8.97 Å². The lowest BCUT2D eigenvalue weighted by atomic mass is 10.0. The number of para-hydroxylation sites is 2. The van der Waals surface area contributed by atoms with Gasteiger partial charge in [0, 0.05) is 32.6 Å². The van der Waals surface area contributed by atoms with Gasteiger partial charge in [-0.3, -0.25) is 0 Å². The molecule has 40 heavy (non-hydrogen) atoms. The lowest BCUT2D eigenvalue weighted by molar-refractivity contribution is 1.19. The lowest BCUT2D eigenvalue weighted by Gasteiger charge is -2.15. The van der Waals surface area contributed by atoms with Gasteiger partial charge in [-0.25, -0.2) is 0 Å². The van der Waals surface area contributed by atoms with E-state index >= 15 is 0 Å². The van der Waals surface area contributed by atoms with Gasteiger partial charge in [0.15, 0.2) is 0 Å². The third kappa shape index (κ3) is 2.88. The number of hydrogen-bond acceptors (Lipinski definition) is 0. The first-order valence-electron chi connectivity index (χ1n) is 13.8. The maximum atomic E-state index is 2.48. The van der Waals surface area contributed by atoms with E-state index in [-0.39, 0.29) is 0 Å². The summed E-state index contributed by atoms with van der Waals surface area (Å²) in [6.45, 7) is 0. The number of pyridine rings is 1. The molecule has 0 amide bonds. The zero-order chi connectivity index (χ0) is 26.2. The number of hydrogen-bond donors (Lipinski definition) is 0. The fraction of sp³-hybridized carbons (Fsp3) is 0. The number of rotatable bonds is 2. The van der Waals surface area contributed by atoms with Gasteiger partial charge >= 0.3 is 0 Å². The predicted octanol–water partition coefficient (Wildman–Crippen LogP) is 10.2. The molecular weight excluding hydrogens is 484 g/mol. The van der Waals surface area contributed by atoms with Gasteiger partial charge in [-0.05, 0) is 52.9 Å². The highest BCUT2D eigenvalue weighted by Gasteiger charge is 2.20. The Hall–Kier alpha value is -5.34. The highest BCUT2D eigenvalue weighted by molar-refractivity contribution is 6.27. The highest BCUT2D eigenvalue weighted by Crippen LogP contribution is 2.42. The Balaban J connectivity index is 1.52. The summed E-state index contributed by atoms with van der Waals surface area (Å²) in [5.74, 6) is 0. The summed E-state index contributed by atoms with van der Waals surface area (Å²) in [5, 5.41) is 7.63. The summed E-state index contributed by atoms with van der Waals surface area (Å²) in [5.41, 5.74) is 9.79. The second-order valence-corrected chi connectivity index (χ2v) is 10.6. The van der Waals surface area contributed by atoms with Gasteiger partial charge in [-0.15, -0.1) is 0 Å². The lowest BCUT2D eigenvalue weighted by Crippen LogP contribution is -1.97. The number of nitrogens with zero attached hydrogens (tertiary/aromatic N) is 2. The van der Waals surface area contributed by atoms with Crippen molar-refractivity contribution in [2.75, 3.05) is 0 Å². The molecule has 186 valence electrons. The van der Waals surface area contributed by atoms with Crippen LogP contribution in [0.4, 0.5) is 0 Å². The molecule has 0 spiro atoms. The first kappa shape index (κ1) is 21.6. The average molecular weight is 509 g/mol. The summed E-state index contributed by atoms with van der Waals surface area (Å²) in [6, 6.07) is 53.0. The molecule has 3 aromatic heterocycles. The molecule has 0 N–H and O–H groups in total. The van der Waals surface area contributed by atoms with Crippen LogP contribution in [0, 0.1) is 0 Å². The largest absolute Gasteiger partial charge is 0.309 e. The van der Waals surface area contributed by atoms with Crippen molar-refractivity contribution in [2.24, 2.45) is 0 Å². The van der Waals surface area contributed by atoms with E-state index in [1.54, 1.807) is 0 Å². The van der Waals surface area contributed by atoms with Crippen LogP contribution in [-0.2, 0) is 0 Å². The summed E-state index contributed by atoms with van der Waals surface area (Å²) < 4.78 is 4.93. The minimum Gasteiger partial charge on any atom is -0.309 e. The summed E-state index contributed by atoms with van der Waals surface area (Å²) >= 11 is 0. The van der Waals surface area contributed by atoms with E-state index in [1.807, 2.05) is 0 Å². The molecule has 0 bridgehead atoms. The van der Waals surface area contributed by atoms with Crippen LogP contribution in [0.3, 0.4) is 0 Å². The third-order valence-electron chi connectivity index (χ3n) is 8.45. The minimum absolute atomic E-state index is 1.17. The molecule has 0 saturated carbocycles. The van der Waals surface area contributed by atoms with Gasteiger partial charge in [0.25, 0.3) is 0 Å². The van der Waals surface area contributed by atoms with E-state index in [4.69, 9.17) is 0 Å². The summed E-state index contributed by atoms with van der Waals surface area (Å²) in [4.78, 5) is 0.